The highest BCUT2D eigenvalue weighted by atomic mass is 16.5. The largest absolute Gasteiger partial charge is 0.396 e. The number of aliphatic hydroxyl groups excluding tert-OH is 1. The minimum atomic E-state index is 0.175. The molecule has 0 bridgehead atoms. The fraction of sp³-hybridized carbons (Fsp3) is 0.571. The summed E-state index contributed by atoms with van der Waals surface area (Å²) in [4.78, 5) is 0. The molecule has 0 radical (unpaired) electrons. The molecule has 0 aromatic heterocycles. The molecule has 1 aromatic rings. The number of ether oxygens (including phenoxy) is 3. The van der Waals surface area contributed by atoms with Crippen LogP contribution in [0.1, 0.15) is 12.0 Å². The molecule has 0 saturated carbocycles. The van der Waals surface area contributed by atoms with Crippen molar-refractivity contribution in [2.75, 3.05) is 39.6 Å². The van der Waals surface area contributed by atoms with E-state index in [1.165, 1.54) is 5.56 Å². The van der Waals surface area contributed by atoms with Gasteiger partial charge in [-0.15, -0.1) is 0 Å². The van der Waals surface area contributed by atoms with Crippen molar-refractivity contribution in [1.82, 2.24) is 0 Å². The second kappa shape index (κ2) is 11.2. The van der Waals surface area contributed by atoms with Crippen molar-refractivity contribution in [3.63, 3.8) is 0 Å². The fourth-order valence-corrected chi connectivity index (χ4v) is 1.37. The summed E-state index contributed by atoms with van der Waals surface area (Å²) in [6, 6.07) is 10.1. The van der Waals surface area contributed by atoms with Gasteiger partial charge in [-0.2, -0.15) is 0 Å². The molecule has 4 heteroatoms. The van der Waals surface area contributed by atoms with Crippen molar-refractivity contribution in [3.8, 4) is 0 Å². The Hall–Kier alpha value is -0.940. The second-order valence-corrected chi connectivity index (χ2v) is 3.84. The van der Waals surface area contributed by atoms with Crippen LogP contribution < -0.4 is 0 Å². The van der Waals surface area contributed by atoms with Gasteiger partial charge < -0.3 is 19.3 Å². The van der Waals surface area contributed by atoms with E-state index in [1.54, 1.807) is 0 Å². The molecule has 18 heavy (non-hydrogen) atoms. The Bertz CT molecular complexity index is 276. The first kappa shape index (κ1) is 15.1. The van der Waals surface area contributed by atoms with Gasteiger partial charge in [0.05, 0.1) is 33.0 Å². The van der Waals surface area contributed by atoms with Crippen LogP contribution in [-0.2, 0) is 20.8 Å². The lowest BCUT2D eigenvalue weighted by Gasteiger charge is -2.06. The predicted octanol–water partition coefficient (Wildman–Crippen LogP) is 1.62. The van der Waals surface area contributed by atoms with E-state index in [0.717, 1.165) is 0 Å². The predicted molar refractivity (Wildman–Crippen MR) is 69.4 cm³/mol. The maximum atomic E-state index is 8.53. The van der Waals surface area contributed by atoms with Gasteiger partial charge in [0.15, 0.2) is 0 Å². The highest BCUT2D eigenvalue weighted by molar-refractivity contribution is 5.13. The maximum absolute atomic E-state index is 8.53. The van der Waals surface area contributed by atoms with Crippen molar-refractivity contribution in [3.05, 3.63) is 35.9 Å². The van der Waals surface area contributed by atoms with E-state index >= 15 is 0 Å². The van der Waals surface area contributed by atoms with E-state index in [2.05, 4.69) is 0 Å². The minimum absolute atomic E-state index is 0.175. The van der Waals surface area contributed by atoms with Crippen molar-refractivity contribution < 1.29 is 19.3 Å². The van der Waals surface area contributed by atoms with Gasteiger partial charge in [-0.25, -0.2) is 0 Å². The van der Waals surface area contributed by atoms with E-state index in [9.17, 15) is 0 Å². The van der Waals surface area contributed by atoms with E-state index < -0.39 is 0 Å². The summed E-state index contributed by atoms with van der Waals surface area (Å²) in [5.41, 5.74) is 1.17. The van der Waals surface area contributed by atoms with Crippen LogP contribution in [-0.4, -0.2) is 44.7 Å². The molecule has 0 atom stereocenters. The summed E-state index contributed by atoms with van der Waals surface area (Å²) >= 11 is 0. The van der Waals surface area contributed by atoms with Crippen LogP contribution in [0.4, 0.5) is 0 Å². The van der Waals surface area contributed by atoms with E-state index in [1.807, 2.05) is 30.3 Å². The molecule has 0 heterocycles. The van der Waals surface area contributed by atoms with Crippen LogP contribution in [0.25, 0.3) is 0 Å². The summed E-state index contributed by atoms with van der Waals surface area (Å²) in [7, 11) is 0. The van der Waals surface area contributed by atoms with Gasteiger partial charge in [-0.1, -0.05) is 30.3 Å². The number of hydrogen-bond donors (Lipinski definition) is 1. The smallest absolute Gasteiger partial charge is 0.0718 e. The number of aliphatic hydroxyl groups is 1. The molecule has 102 valence electrons. The molecule has 0 saturated heterocycles. The zero-order valence-electron chi connectivity index (χ0n) is 10.7. The van der Waals surface area contributed by atoms with E-state index in [4.69, 9.17) is 19.3 Å². The lowest BCUT2D eigenvalue weighted by molar-refractivity contribution is 0.00868. The monoisotopic (exact) mass is 254 g/mol. The molecule has 0 aliphatic rings. The molecule has 0 aliphatic heterocycles. The SMILES string of the molecule is OCCCOCCOCCOCc1ccccc1. The topological polar surface area (TPSA) is 47.9 Å². The third-order valence-corrected chi connectivity index (χ3v) is 2.30. The molecule has 0 unspecified atom stereocenters. The minimum Gasteiger partial charge on any atom is -0.396 e. The average Bonchev–Trinajstić information content (AvgIpc) is 2.42. The van der Waals surface area contributed by atoms with Crippen molar-refractivity contribution >= 4 is 0 Å². The van der Waals surface area contributed by atoms with Gasteiger partial charge in [-0.05, 0) is 12.0 Å². The van der Waals surface area contributed by atoms with E-state index in [0.29, 0.717) is 46.1 Å². The highest BCUT2D eigenvalue weighted by Crippen LogP contribution is 1.99. The van der Waals surface area contributed by atoms with Crippen LogP contribution in [0.15, 0.2) is 30.3 Å². The van der Waals surface area contributed by atoms with Crippen LogP contribution in [0.5, 0.6) is 0 Å². The lowest BCUT2D eigenvalue weighted by Crippen LogP contribution is -2.10. The number of rotatable bonds is 11. The summed E-state index contributed by atoms with van der Waals surface area (Å²) in [6.45, 7) is 3.69. The summed E-state index contributed by atoms with van der Waals surface area (Å²) < 4.78 is 16.0. The molecule has 1 aromatic carbocycles. The van der Waals surface area contributed by atoms with Crippen molar-refractivity contribution in [2.24, 2.45) is 0 Å². The zero-order chi connectivity index (χ0) is 12.9. The Kier molecular flexibility index (Phi) is 9.38. The van der Waals surface area contributed by atoms with Crippen molar-refractivity contribution in [2.45, 2.75) is 13.0 Å². The van der Waals surface area contributed by atoms with Crippen LogP contribution in [0.3, 0.4) is 0 Å². The van der Waals surface area contributed by atoms with Gasteiger partial charge in [-0.3, -0.25) is 0 Å². The Labute approximate surface area is 108 Å². The fourth-order valence-electron chi connectivity index (χ4n) is 1.37. The molecule has 0 amide bonds. The molecule has 4 nitrogen and oxygen atoms in total. The van der Waals surface area contributed by atoms with Gasteiger partial charge >= 0.3 is 0 Å². The molecule has 0 aliphatic carbocycles. The molecule has 1 rings (SSSR count). The first-order valence-electron chi connectivity index (χ1n) is 6.31. The zero-order valence-corrected chi connectivity index (χ0v) is 10.7. The Morgan fingerprint density at radius 2 is 1.39 bits per heavy atom. The van der Waals surface area contributed by atoms with Crippen LogP contribution in [0, 0.1) is 0 Å². The third kappa shape index (κ3) is 8.20. The van der Waals surface area contributed by atoms with Crippen LogP contribution in [0.2, 0.25) is 0 Å². The summed E-state index contributed by atoms with van der Waals surface area (Å²) in [5, 5.41) is 8.53. The maximum Gasteiger partial charge on any atom is 0.0718 e. The first-order valence-corrected chi connectivity index (χ1v) is 6.31. The first-order chi connectivity index (χ1) is 8.93. The average molecular weight is 254 g/mol. The van der Waals surface area contributed by atoms with Gasteiger partial charge in [0.25, 0.3) is 0 Å². The third-order valence-electron chi connectivity index (χ3n) is 2.30. The summed E-state index contributed by atoms with van der Waals surface area (Å²) in [5.74, 6) is 0. The van der Waals surface area contributed by atoms with Gasteiger partial charge in [0.2, 0.25) is 0 Å². The Morgan fingerprint density at radius 1 is 0.778 bits per heavy atom. The Balaban J connectivity index is 1.82. The lowest BCUT2D eigenvalue weighted by atomic mass is 10.2. The standard InChI is InChI=1S/C14H22O4/c15-7-4-8-16-9-10-17-11-12-18-13-14-5-2-1-3-6-14/h1-3,5-6,15H,4,7-13H2. The van der Waals surface area contributed by atoms with Gasteiger partial charge in [0, 0.05) is 13.2 Å². The summed E-state index contributed by atoms with van der Waals surface area (Å²) in [6.07, 6.45) is 0.681. The molecule has 0 spiro atoms. The Morgan fingerprint density at radius 3 is 2.06 bits per heavy atom. The highest BCUT2D eigenvalue weighted by Gasteiger charge is 1.93. The number of benzene rings is 1. The molecular weight excluding hydrogens is 232 g/mol. The number of hydrogen-bond acceptors (Lipinski definition) is 4. The molecule has 0 fully saturated rings. The molecule has 1 N–H and O–H groups in total. The quantitative estimate of drug-likeness (QED) is 0.610. The molecular formula is C14H22O4. The van der Waals surface area contributed by atoms with E-state index in [-0.39, 0.29) is 6.61 Å². The second-order valence-electron chi connectivity index (χ2n) is 3.84. The van der Waals surface area contributed by atoms with Gasteiger partial charge in [0.1, 0.15) is 0 Å². The van der Waals surface area contributed by atoms with Crippen molar-refractivity contribution in [1.29, 1.82) is 0 Å². The van der Waals surface area contributed by atoms with Crippen LogP contribution >= 0.6 is 0 Å². The normalized spacial score (nSPS) is 10.7.